The van der Waals surface area contributed by atoms with E-state index in [0.717, 1.165) is 25.7 Å². The third kappa shape index (κ3) is 2.33. The molecule has 0 heterocycles. The van der Waals surface area contributed by atoms with Crippen molar-refractivity contribution in [2.24, 2.45) is 5.92 Å². The number of rotatable bonds is 3. The average molecular weight is 164 g/mol. The molecule has 1 aliphatic rings. The fraction of sp³-hybridized carbons (Fsp3) is 0.545. The minimum absolute atomic E-state index is 0.298. The fourth-order valence-electron chi connectivity index (χ4n) is 1.61. The number of allylic oxidation sites excluding steroid dienone is 3. The average Bonchev–Trinajstić information content (AvgIpc) is 2.05. The summed E-state index contributed by atoms with van der Waals surface area (Å²) in [7, 11) is 0. The van der Waals surface area contributed by atoms with Crippen LogP contribution in [0.2, 0.25) is 0 Å². The minimum Gasteiger partial charge on any atom is -0.295 e. The van der Waals surface area contributed by atoms with E-state index in [1.54, 1.807) is 0 Å². The van der Waals surface area contributed by atoms with Crippen LogP contribution >= 0.6 is 0 Å². The van der Waals surface area contributed by atoms with Crippen LogP contribution in [0.4, 0.5) is 0 Å². The van der Waals surface area contributed by atoms with E-state index in [9.17, 15) is 4.79 Å². The molecular formula is C11H16O. The monoisotopic (exact) mass is 164 g/mol. The Bertz CT molecular complexity index is 213. The molecule has 0 aromatic rings. The molecular weight excluding hydrogens is 148 g/mol. The van der Waals surface area contributed by atoms with Crippen LogP contribution in [0.5, 0.6) is 0 Å². The van der Waals surface area contributed by atoms with Gasteiger partial charge in [-0.15, -0.1) is 6.58 Å². The summed E-state index contributed by atoms with van der Waals surface area (Å²) in [6.07, 6.45) is 7.61. The molecule has 0 fully saturated rings. The fourth-order valence-corrected chi connectivity index (χ4v) is 1.61. The Kier molecular flexibility index (Phi) is 3.27. The van der Waals surface area contributed by atoms with Crippen molar-refractivity contribution >= 4 is 5.78 Å². The largest absolute Gasteiger partial charge is 0.295 e. The maximum atomic E-state index is 11.1. The summed E-state index contributed by atoms with van der Waals surface area (Å²) in [6, 6.07) is 0. The normalized spacial score (nSPS) is 20.1. The predicted molar refractivity (Wildman–Crippen MR) is 50.9 cm³/mol. The first-order chi connectivity index (χ1) is 5.74. The van der Waals surface area contributed by atoms with Crippen LogP contribution in [-0.4, -0.2) is 5.78 Å². The lowest BCUT2D eigenvalue weighted by Gasteiger charge is -2.17. The van der Waals surface area contributed by atoms with E-state index in [2.05, 4.69) is 13.5 Å². The maximum absolute atomic E-state index is 11.1. The third-order valence-corrected chi connectivity index (χ3v) is 2.39. The Morgan fingerprint density at radius 1 is 1.67 bits per heavy atom. The van der Waals surface area contributed by atoms with Crippen LogP contribution < -0.4 is 0 Å². The molecule has 0 radical (unpaired) electrons. The minimum atomic E-state index is 0.298. The Morgan fingerprint density at radius 2 is 2.42 bits per heavy atom. The molecule has 0 spiro atoms. The zero-order chi connectivity index (χ0) is 8.97. The summed E-state index contributed by atoms with van der Waals surface area (Å²) < 4.78 is 0. The molecule has 1 aliphatic carbocycles. The van der Waals surface area contributed by atoms with Crippen LogP contribution in [-0.2, 0) is 4.79 Å². The molecule has 12 heavy (non-hydrogen) atoms. The maximum Gasteiger partial charge on any atom is 0.155 e. The molecule has 0 aliphatic heterocycles. The van der Waals surface area contributed by atoms with E-state index in [1.807, 2.05) is 12.2 Å². The van der Waals surface area contributed by atoms with Crippen LogP contribution in [0, 0.1) is 5.92 Å². The summed E-state index contributed by atoms with van der Waals surface area (Å²) in [5, 5.41) is 0. The van der Waals surface area contributed by atoms with Gasteiger partial charge in [-0.05, 0) is 31.3 Å². The quantitative estimate of drug-likeness (QED) is 0.586. The Morgan fingerprint density at radius 3 is 3.00 bits per heavy atom. The molecule has 0 aromatic carbocycles. The summed E-state index contributed by atoms with van der Waals surface area (Å²) in [6.45, 7) is 5.86. The van der Waals surface area contributed by atoms with Gasteiger partial charge in [0, 0.05) is 6.42 Å². The second kappa shape index (κ2) is 4.24. The second-order valence-electron chi connectivity index (χ2n) is 3.46. The van der Waals surface area contributed by atoms with Crippen molar-refractivity contribution in [2.45, 2.75) is 32.6 Å². The lowest BCUT2D eigenvalue weighted by Crippen LogP contribution is -2.08. The van der Waals surface area contributed by atoms with E-state index in [-0.39, 0.29) is 0 Å². The molecule has 0 N–H and O–H groups in total. The number of ketones is 1. The molecule has 1 atom stereocenters. The number of hydrogen-bond acceptors (Lipinski definition) is 1. The molecule has 1 rings (SSSR count). The molecule has 66 valence electrons. The van der Waals surface area contributed by atoms with Crippen LogP contribution in [0.25, 0.3) is 0 Å². The van der Waals surface area contributed by atoms with E-state index in [0.29, 0.717) is 11.7 Å². The van der Waals surface area contributed by atoms with Gasteiger partial charge in [0.25, 0.3) is 0 Å². The number of hydrogen-bond donors (Lipinski definition) is 0. The van der Waals surface area contributed by atoms with Gasteiger partial charge >= 0.3 is 0 Å². The van der Waals surface area contributed by atoms with Gasteiger partial charge < -0.3 is 0 Å². The van der Waals surface area contributed by atoms with Crippen LogP contribution in [0.1, 0.15) is 32.6 Å². The van der Waals surface area contributed by atoms with Gasteiger partial charge in [0.2, 0.25) is 0 Å². The highest BCUT2D eigenvalue weighted by atomic mass is 16.1. The smallest absolute Gasteiger partial charge is 0.155 e. The van der Waals surface area contributed by atoms with Gasteiger partial charge in [-0.1, -0.05) is 18.6 Å². The van der Waals surface area contributed by atoms with Crippen LogP contribution in [0.3, 0.4) is 0 Å². The predicted octanol–water partition coefficient (Wildman–Crippen LogP) is 2.88. The number of carbonyl (C=O) groups is 1. The van der Waals surface area contributed by atoms with E-state index in [4.69, 9.17) is 0 Å². The van der Waals surface area contributed by atoms with Gasteiger partial charge in [-0.2, -0.15) is 0 Å². The molecule has 0 saturated carbocycles. The van der Waals surface area contributed by atoms with Crippen molar-refractivity contribution in [1.29, 1.82) is 0 Å². The van der Waals surface area contributed by atoms with Crippen molar-refractivity contribution in [3.05, 3.63) is 24.3 Å². The zero-order valence-corrected chi connectivity index (χ0v) is 7.68. The van der Waals surface area contributed by atoms with Gasteiger partial charge in [0.15, 0.2) is 5.78 Å². The van der Waals surface area contributed by atoms with Crippen molar-refractivity contribution in [3.63, 3.8) is 0 Å². The van der Waals surface area contributed by atoms with Crippen molar-refractivity contribution in [1.82, 2.24) is 0 Å². The summed E-state index contributed by atoms with van der Waals surface area (Å²) in [5.41, 5.74) is 1.31. The Balaban J connectivity index is 2.60. The van der Waals surface area contributed by atoms with Gasteiger partial charge in [0.05, 0.1) is 0 Å². The summed E-state index contributed by atoms with van der Waals surface area (Å²) in [4.78, 5) is 11.1. The lowest BCUT2D eigenvalue weighted by atomic mass is 9.88. The zero-order valence-electron chi connectivity index (χ0n) is 7.68. The second-order valence-corrected chi connectivity index (χ2v) is 3.46. The summed E-state index contributed by atoms with van der Waals surface area (Å²) in [5.74, 6) is 0.805. The Labute approximate surface area is 74.2 Å². The van der Waals surface area contributed by atoms with E-state index >= 15 is 0 Å². The van der Waals surface area contributed by atoms with Crippen molar-refractivity contribution in [2.75, 3.05) is 0 Å². The SMILES string of the molecule is C=CCC(C)C1=CC(=O)CCC1. The molecule has 0 amide bonds. The molecule has 1 unspecified atom stereocenters. The highest BCUT2D eigenvalue weighted by Gasteiger charge is 2.13. The third-order valence-electron chi connectivity index (χ3n) is 2.39. The summed E-state index contributed by atoms with van der Waals surface area (Å²) >= 11 is 0. The standard InChI is InChI=1S/C11H16O/c1-3-5-9(2)10-6-4-7-11(12)8-10/h3,8-9H,1,4-7H2,2H3. The van der Waals surface area contributed by atoms with Crippen LogP contribution in [0.15, 0.2) is 24.3 Å². The van der Waals surface area contributed by atoms with E-state index in [1.165, 1.54) is 5.57 Å². The molecule has 0 bridgehead atoms. The molecule has 1 nitrogen and oxygen atoms in total. The topological polar surface area (TPSA) is 17.1 Å². The van der Waals surface area contributed by atoms with Crippen molar-refractivity contribution in [3.8, 4) is 0 Å². The molecule has 1 heteroatoms. The van der Waals surface area contributed by atoms with Gasteiger partial charge in [-0.25, -0.2) is 0 Å². The first-order valence-corrected chi connectivity index (χ1v) is 4.58. The van der Waals surface area contributed by atoms with E-state index < -0.39 is 0 Å². The number of carbonyl (C=O) groups excluding carboxylic acids is 1. The highest BCUT2D eigenvalue weighted by Crippen LogP contribution is 2.24. The molecule has 0 saturated heterocycles. The van der Waals surface area contributed by atoms with Gasteiger partial charge in [0.1, 0.15) is 0 Å². The molecule has 0 aromatic heterocycles. The van der Waals surface area contributed by atoms with Crippen molar-refractivity contribution < 1.29 is 4.79 Å². The first kappa shape index (κ1) is 9.24. The van der Waals surface area contributed by atoms with Gasteiger partial charge in [-0.3, -0.25) is 4.79 Å². The lowest BCUT2D eigenvalue weighted by molar-refractivity contribution is -0.115. The first-order valence-electron chi connectivity index (χ1n) is 4.58. The Hall–Kier alpha value is -0.850. The highest BCUT2D eigenvalue weighted by molar-refractivity contribution is 5.91.